The van der Waals surface area contributed by atoms with Crippen molar-refractivity contribution in [1.29, 1.82) is 0 Å². The first kappa shape index (κ1) is 20.5. The molecule has 26 heavy (non-hydrogen) atoms. The number of urea groups is 1. The third-order valence-electron chi connectivity index (χ3n) is 5.33. The lowest BCUT2D eigenvalue weighted by Crippen LogP contribution is -2.46. The second-order valence-corrected chi connectivity index (χ2v) is 7.31. The zero-order valence-corrected chi connectivity index (χ0v) is 15.3. The van der Waals surface area contributed by atoms with Gasteiger partial charge < -0.3 is 25.8 Å². The number of aliphatic carboxylic acids is 1. The smallest absolute Gasteiger partial charge is 0.315 e. The van der Waals surface area contributed by atoms with Crippen LogP contribution in [0.1, 0.15) is 57.8 Å². The number of carbonyl (C=O) groups excluding carboxylic acids is 2. The highest BCUT2D eigenvalue weighted by atomic mass is 16.5. The van der Waals surface area contributed by atoms with E-state index in [1.807, 2.05) is 0 Å². The van der Waals surface area contributed by atoms with Crippen molar-refractivity contribution < 1.29 is 24.2 Å². The molecular weight excluding hydrogens is 338 g/mol. The Morgan fingerprint density at radius 3 is 2.38 bits per heavy atom. The van der Waals surface area contributed by atoms with Gasteiger partial charge in [-0.05, 0) is 32.1 Å². The molecule has 1 heterocycles. The summed E-state index contributed by atoms with van der Waals surface area (Å²) in [4.78, 5) is 35.3. The Labute approximate surface area is 154 Å². The molecule has 0 bridgehead atoms. The lowest BCUT2D eigenvalue weighted by molar-refractivity contribution is -0.154. The van der Waals surface area contributed by atoms with Gasteiger partial charge in [0.2, 0.25) is 5.91 Å². The van der Waals surface area contributed by atoms with E-state index in [2.05, 4.69) is 16.0 Å². The Bertz CT molecular complexity index is 485. The van der Waals surface area contributed by atoms with Crippen LogP contribution in [-0.2, 0) is 14.3 Å². The second kappa shape index (κ2) is 10.4. The van der Waals surface area contributed by atoms with E-state index in [0.29, 0.717) is 39.0 Å². The first-order valence-corrected chi connectivity index (χ1v) is 9.64. The summed E-state index contributed by atoms with van der Waals surface area (Å²) in [6.07, 6.45) is 7.23. The van der Waals surface area contributed by atoms with Crippen LogP contribution in [0.2, 0.25) is 0 Å². The molecule has 2 fully saturated rings. The first-order valence-electron chi connectivity index (χ1n) is 9.64. The molecule has 4 N–H and O–H groups in total. The topological polar surface area (TPSA) is 117 Å². The van der Waals surface area contributed by atoms with E-state index in [1.54, 1.807) is 0 Å². The summed E-state index contributed by atoms with van der Waals surface area (Å²) in [5.41, 5.74) is -0.925. The molecule has 1 saturated heterocycles. The highest BCUT2D eigenvalue weighted by Crippen LogP contribution is 2.30. The molecule has 1 aliphatic carbocycles. The van der Waals surface area contributed by atoms with Gasteiger partial charge in [0.1, 0.15) is 0 Å². The van der Waals surface area contributed by atoms with Gasteiger partial charge >= 0.3 is 12.0 Å². The Morgan fingerprint density at radius 2 is 1.73 bits per heavy atom. The molecule has 8 nitrogen and oxygen atoms in total. The van der Waals surface area contributed by atoms with E-state index in [0.717, 1.165) is 25.7 Å². The maximum absolute atomic E-state index is 11.9. The van der Waals surface area contributed by atoms with Crippen molar-refractivity contribution in [2.75, 3.05) is 26.3 Å². The summed E-state index contributed by atoms with van der Waals surface area (Å²) in [6, 6.07) is 0.0862. The molecule has 0 unspecified atom stereocenters. The Balaban J connectivity index is 1.58. The maximum Gasteiger partial charge on any atom is 0.315 e. The standard InChI is InChI=1S/C18H31N3O5/c22-15(20-13-18(16(23)24)8-11-26-12-9-18)7-4-10-19-17(25)21-14-5-2-1-3-6-14/h14H,1-13H2,(H,20,22)(H,23,24)(H2,19,21,25). The molecule has 1 aliphatic heterocycles. The highest BCUT2D eigenvalue weighted by molar-refractivity contribution is 5.79. The average molecular weight is 369 g/mol. The summed E-state index contributed by atoms with van der Waals surface area (Å²) in [7, 11) is 0. The van der Waals surface area contributed by atoms with Crippen LogP contribution < -0.4 is 16.0 Å². The average Bonchev–Trinajstić information content (AvgIpc) is 2.65. The van der Waals surface area contributed by atoms with Gasteiger partial charge in [-0.2, -0.15) is 0 Å². The van der Waals surface area contributed by atoms with Gasteiger partial charge in [0.25, 0.3) is 0 Å². The van der Waals surface area contributed by atoms with Gasteiger partial charge in [0.05, 0.1) is 5.41 Å². The molecule has 0 radical (unpaired) electrons. The van der Waals surface area contributed by atoms with E-state index in [9.17, 15) is 19.5 Å². The van der Waals surface area contributed by atoms with Crippen molar-refractivity contribution in [3.8, 4) is 0 Å². The van der Waals surface area contributed by atoms with Gasteiger partial charge in [-0.3, -0.25) is 9.59 Å². The zero-order chi connectivity index (χ0) is 18.8. The van der Waals surface area contributed by atoms with Gasteiger partial charge in [-0.15, -0.1) is 0 Å². The van der Waals surface area contributed by atoms with E-state index in [4.69, 9.17) is 4.74 Å². The van der Waals surface area contributed by atoms with Crippen molar-refractivity contribution >= 4 is 17.9 Å². The number of carboxylic acid groups (broad SMARTS) is 1. The number of amides is 3. The molecule has 148 valence electrons. The molecule has 8 heteroatoms. The van der Waals surface area contributed by atoms with Crippen LogP contribution in [0.25, 0.3) is 0 Å². The number of carboxylic acids is 1. The molecule has 0 atom stereocenters. The van der Waals surface area contributed by atoms with Gasteiger partial charge in [0, 0.05) is 38.8 Å². The van der Waals surface area contributed by atoms with Crippen LogP contribution in [0.3, 0.4) is 0 Å². The number of hydrogen-bond donors (Lipinski definition) is 4. The quantitative estimate of drug-likeness (QED) is 0.483. The highest BCUT2D eigenvalue weighted by Gasteiger charge is 2.40. The normalized spacial score (nSPS) is 20.2. The van der Waals surface area contributed by atoms with Gasteiger partial charge in [0.15, 0.2) is 0 Å². The third kappa shape index (κ3) is 6.48. The molecule has 0 aromatic heterocycles. The van der Waals surface area contributed by atoms with Crippen LogP contribution in [0.4, 0.5) is 4.79 Å². The Morgan fingerprint density at radius 1 is 1.04 bits per heavy atom. The van der Waals surface area contributed by atoms with Crippen molar-refractivity contribution in [3.63, 3.8) is 0 Å². The molecule has 0 spiro atoms. The minimum atomic E-state index is -0.925. The lowest BCUT2D eigenvalue weighted by Gasteiger charge is -2.33. The molecule has 0 aromatic rings. The fourth-order valence-corrected chi connectivity index (χ4v) is 3.52. The SMILES string of the molecule is O=C(CCCNC(=O)NC1CCCCC1)NCC1(C(=O)O)CCOCC1. The van der Waals surface area contributed by atoms with E-state index < -0.39 is 11.4 Å². The number of rotatable bonds is 8. The zero-order valence-electron chi connectivity index (χ0n) is 15.3. The van der Waals surface area contributed by atoms with Crippen molar-refractivity contribution in [1.82, 2.24) is 16.0 Å². The molecule has 2 aliphatic rings. The molecule has 0 aromatic carbocycles. The third-order valence-corrected chi connectivity index (χ3v) is 5.33. The minimum Gasteiger partial charge on any atom is -0.481 e. The minimum absolute atomic E-state index is 0.125. The van der Waals surface area contributed by atoms with Crippen LogP contribution in [0.5, 0.6) is 0 Å². The number of carbonyl (C=O) groups is 3. The summed E-state index contributed by atoms with van der Waals surface area (Å²) < 4.78 is 5.22. The predicted molar refractivity (Wildman–Crippen MR) is 95.8 cm³/mol. The van der Waals surface area contributed by atoms with Crippen molar-refractivity contribution in [3.05, 3.63) is 0 Å². The second-order valence-electron chi connectivity index (χ2n) is 7.31. The van der Waals surface area contributed by atoms with Crippen molar-refractivity contribution in [2.24, 2.45) is 5.41 Å². The monoisotopic (exact) mass is 369 g/mol. The van der Waals surface area contributed by atoms with E-state index in [-0.39, 0.29) is 30.9 Å². The molecule has 2 rings (SSSR count). The van der Waals surface area contributed by atoms with Crippen LogP contribution in [0, 0.1) is 5.41 Å². The fourth-order valence-electron chi connectivity index (χ4n) is 3.52. The molecular formula is C18H31N3O5. The summed E-state index contributed by atoms with van der Waals surface area (Å²) in [5, 5.41) is 17.9. The number of nitrogens with one attached hydrogen (secondary N) is 3. The van der Waals surface area contributed by atoms with Crippen LogP contribution in [0.15, 0.2) is 0 Å². The van der Waals surface area contributed by atoms with Gasteiger partial charge in [-0.25, -0.2) is 4.79 Å². The predicted octanol–water partition coefficient (Wildman–Crippen LogP) is 1.40. The number of ether oxygens (including phenoxy) is 1. The lowest BCUT2D eigenvalue weighted by atomic mass is 9.80. The van der Waals surface area contributed by atoms with E-state index >= 15 is 0 Å². The Hall–Kier alpha value is -1.83. The summed E-state index contributed by atoms with van der Waals surface area (Å²) >= 11 is 0. The van der Waals surface area contributed by atoms with E-state index in [1.165, 1.54) is 6.42 Å². The largest absolute Gasteiger partial charge is 0.481 e. The van der Waals surface area contributed by atoms with Crippen LogP contribution in [-0.4, -0.2) is 55.4 Å². The van der Waals surface area contributed by atoms with Crippen molar-refractivity contribution in [2.45, 2.75) is 63.8 Å². The summed E-state index contributed by atoms with van der Waals surface area (Å²) in [6.45, 7) is 1.36. The fraction of sp³-hybridized carbons (Fsp3) is 0.833. The molecule has 3 amide bonds. The Kier molecular flexibility index (Phi) is 8.15. The maximum atomic E-state index is 11.9. The van der Waals surface area contributed by atoms with Gasteiger partial charge in [-0.1, -0.05) is 19.3 Å². The van der Waals surface area contributed by atoms with Crippen LogP contribution >= 0.6 is 0 Å². The number of hydrogen-bond acceptors (Lipinski definition) is 4. The summed E-state index contributed by atoms with van der Waals surface area (Å²) in [5.74, 6) is -1.08. The first-order chi connectivity index (χ1) is 12.5. The molecule has 1 saturated carbocycles.